The summed E-state index contributed by atoms with van der Waals surface area (Å²) >= 11 is 0. The number of hydrogen-bond acceptors (Lipinski definition) is 9. The molecule has 4 aromatic rings. The molecule has 0 atom stereocenters. The van der Waals surface area contributed by atoms with Crippen molar-refractivity contribution in [2.45, 2.75) is 36.7 Å². The van der Waals surface area contributed by atoms with Gasteiger partial charge in [0.05, 0.1) is 24.2 Å². The van der Waals surface area contributed by atoms with Gasteiger partial charge in [0.15, 0.2) is 11.2 Å². The Hall–Kier alpha value is -3.98. The quantitative estimate of drug-likeness (QED) is 0.316. The molecular formula is C25H26F3N7O4S. The number of sulfone groups is 1. The molecule has 1 fully saturated rings. The number of rotatable bonds is 8. The van der Waals surface area contributed by atoms with E-state index in [9.17, 15) is 26.8 Å². The molecule has 1 saturated heterocycles. The van der Waals surface area contributed by atoms with Gasteiger partial charge in [0.1, 0.15) is 0 Å². The van der Waals surface area contributed by atoms with Crippen molar-refractivity contribution in [2.24, 2.45) is 4.99 Å². The maximum atomic E-state index is 12.8. The summed E-state index contributed by atoms with van der Waals surface area (Å²) in [4.78, 5) is 10.2. The molecule has 5 rings (SSSR count). The number of halogens is 3. The summed E-state index contributed by atoms with van der Waals surface area (Å²) in [7, 11) is -5.46. The van der Waals surface area contributed by atoms with E-state index in [0.29, 0.717) is 24.3 Å². The molecule has 11 nitrogen and oxygen atoms in total. The lowest BCUT2D eigenvalue weighted by molar-refractivity contribution is -0.0436. The minimum Gasteiger partial charge on any atom is -0.427 e. The molecule has 0 spiro atoms. The summed E-state index contributed by atoms with van der Waals surface area (Å²) in [6.45, 7) is 5.83. The van der Waals surface area contributed by atoms with Crippen LogP contribution in [0.1, 0.15) is 24.1 Å². The van der Waals surface area contributed by atoms with Crippen molar-refractivity contribution in [2.75, 3.05) is 26.2 Å². The van der Waals surface area contributed by atoms with Crippen LogP contribution in [0.2, 0.25) is 0 Å². The molecule has 0 radical (unpaired) electrons. The molecular weight excluding hydrogens is 551 g/mol. The molecule has 0 aliphatic carbocycles. The Morgan fingerprint density at radius 1 is 1.10 bits per heavy atom. The standard InChI is InChI=1S/C25H26F3N7O4S/c1-17-14-21(24-30-23(32-39-24)19-5-7-20(8-6-19)40(37,38)25(26,27)28)31-34(17)15-18-4-9-22(35(36)16-18)29-10-13-33-11-2-3-12-33/h4-9,14,16,36H,2-3,10-13,15H2,1H3. The first kappa shape index (κ1) is 27.6. The van der Waals surface area contributed by atoms with Crippen LogP contribution in [0.4, 0.5) is 13.2 Å². The van der Waals surface area contributed by atoms with Gasteiger partial charge in [-0.15, -0.1) is 0 Å². The smallest absolute Gasteiger partial charge is 0.427 e. The lowest BCUT2D eigenvalue weighted by atomic mass is 10.2. The molecule has 1 aromatic carbocycles. The Morgan fingerprint density at radius 2 is 1.82 bits per heavy atom. The van der Waals surface area contributed by atoms with Crippen LogP contribution in [0.3, 0.4) is 0 Å². The Morgan fingerprint density at radius 3 is 2.50 bits per heavy atom. The minimum atomic E-state index is -5.46. The van der Waals surface area contributed by atoms with Gasteiger partial charge in [-0.25, -0.2) is 8.42 Å². The highest BCUT2D eigenvalue weighted by Gasteiger charge is 2.46. The van der Waals surface area contributed by atoms with E-state index >= 15 is 0 Å². The van der Waals surface area contributed by atoms with Crippen molar-refractivity contribution in [3.05, 3.63) is 65.4 Å². The van der Waals surface area contributed by atoms with Gasteiger partial charge in [0.2, 0.25) is 5.82 Å². The molecule has 1 aliphatic rings. The molecule has 0 bridgehead atoms. The summed E-state index contributed by atoms with van der Waals surface area (Å²) in [6.07, 6.45) is 4.00. The summed E-state index contributed by atoms with van der Waals surface area (Å²) in [6, 6.07) is 9.35. The second-order valence-corrected chi connectivity index (χ2v) is 11.3. The molecule has 4 heterocycles. The van der Waals surface area contributed by atoms with E-state index in [1.165, 1.54) is 25.0 Å². The van der Waals surface area contributed by atoms with Crippen LogP contribution in [-0.4, -0.2) is 74.9 Å². The number of hydrogen-bond donors (Lipinski definition) is 1. The van der Waals surface area contributed by atoms with Gasteiger partial charge in [-0.3, -0.25) is 9.67 Å². The Bertz CT molecular complexity index is 1670. The van der Waals surface area contributed by atoms with Crippen LogP contribution in [0.5, 0.6) is 0 Å². The summed E-state index contributed by atoms with van der Waals surface area (Å²) in [5.41, 5.74) is -2.74. The number of aryl methyl sites for hydroxylation is 1. The zero-order chi connectivity index (χ0) is 28.5. The third-order valence-corrected chi connectivity index (χ3v) is 8.05. The van der Waals surface area contributed by atoms with E-state index in [2.05, 4.69) is 25.1 Å². The van der Waals surface area contributed by atoms with Gasteiger partial charge in [0, 0.05) is 17.8 Å². The zero-order valence-electron chi connectivity index (χ0n) is 21.4. The van der Waals surface area contributed by atoms with Crippen LogP contribution < -0.4 is 5.49 Å². The average molecular weight is 578 g/mol. The predicted octanol–water partition coefficient (Wildman–Crippen LogP) is 3.29. The third kappa shape index (κ3) is 5.79. The van der Waals surface area contributed by atoms with Crippen molar-refractivity contribution in [1.82, 2.24) is 29.6 Å². The van der Waals surface area contributed by atoms with Crippen LogP contribution >= 0.6 is 0 Å². The molecule has 0 saturated carbocycles. The fourth-order valence-corrected chi connectivity index (χ4v) is 5.13. The van der Waals surface area contributed by atoms with E-state index in [4.69, 9.17) is 4.52 Å². The summed E-state index contributed by atoms with van der Waals surface area (Å²) in [5.74, 6) is 0.136. The number of alkyl halides is 3. The van der Waals surface area contributed by atoms with Crippen molar-refractivity contribution < 1.29 is 31.3 Å². The molecule has 1 aliphatic heterocycles. The van der Waals surface area contributed by atoms with E-state index < -0.39 is 20.2 Å². The number of aromatic nitrogens is 5. The van der Waals surface area contributed by atoms with Crippen molar-refractivity contribution in [3.8, 4) is 23.0 Å². The maximum absolute atomic E-state index is 12.8. The second-order valence-electron chi connectivity index (χ2n) is 9.40. The molecule has 212 valence electrons. The maximum Gasteiger partial charge on any atom is 0.501 e. The highest BCUT2D eigenvalue weighted by molar-refractivity contribution is 7.92. The lowest BCUT2D eigenvalue weighted by Crippen LogP contribution is -2.25. The molecule has 40 heavy (non-hydrogen) atoms. The Balaban J connectivity index is 1.28. The summed E-state index contributed by atoms with van der Waals surface area (Å²) in [5, 5.41) is 18.7. The van der Waals surface area contributed by atoms with Gasteiger partial charge in [0.25, 0.3) is 15.7 Å². The molecule has 0 amide bonds. The third-order valence-electron chi connectivity index (χ3n) is 6.54. The van der Waals surface area contributed by atoms with Gasteiger partial charge < -0.3 is 14.6 Å². The summed E-state index contributed by atoms with van der Waals surface area (Å²) < 4.78 is 69.5. The first-order valence-electron chi connectivity index (χ1n) is 12.5. The fraction of sp³-hybridized carbons (Fsp3) is 0.360. The van der Waals surface area contributed by atoms with Gasteiger partial charge in [-0.2, -0.15) is 28.0 Å². The van der Waals surface area contributed by atoms with Crippen LogP contribution in [0, 0.1) is 6.92 Å². The van der Waals surface area contributed by atoms with E-state index in [-0.39, 0.29) is 17.3 Å². The molecule has 15 heteroatoms. The SMILES string of the molecule is Cc1cc(-c2nc(-c3ccc(S(=O)(=O)C(F)(F)F)cc3)no2)nn1Cc1ccc(=NCCN2CCCC2)n(O)c1. The van der Waals surface area contributed by atoms with Crippen LogP contribution in [-0.2, 0) is 16.4 Å². The topological polar surface area (TPSA) is 132 Å². The van der Waals surface area contributed by atoms with E-state index in [0.717, 1.165) is 47.8 Å². The lowest BCUT2D eigenvalue weighted by Gasteiger charge is -2.12. The average Bonchev–Trinajstić information content (AvgIpc) is 3.67. The highest BCUT2D eigenvalue weighted by Crippen LogP contribution is 2.31. The number of benzene rings is 1. The van der Waals surface area contributed by atoms with Crippen molar-refractivity contribution in [3.63, 3.8) is 0 Å². The van der Waals surface area contributed by atoms with Gasteiger partial charge in [-0.05, 0) is 74.8 Å². The monoisotopic (exact) mass is 577 g/mol. The zero-order valence-corrected chi connectivity index (χ0v) is 22.2. The van der Waals surface area contributed by atoms with E-state index in [1.807, 2.05) is 13.0 Å². The first-order chi connectivity index (χ1) is 19.0. The van der Waals surface area contributed by atoms with E-state index in [1.54, 1.807) is 23.0 Å². The van der Waals surface area contributed by atoms with Gasteiger partial charge >= 0.3 is 5.51 Å². The largest absolute Gasteiger partial charge is 0.501 e. The molecule has 3 aromatic heterocycles. The first-order valence-corrected chi connectivity index (χ1v) is 13.9. The van der Waals surface area contributed by atoms with Crippen molar-refractivity contribution >= 4 is 9.84 Å². The van der Waals surface area contributed by atoms with Crippen LogP contribution in [0.25, 0.3) is 23.0 Å². The molecule has 0 unspecified atom stereocenters. The Labute approximate surface area is 227 Å². The van der Waals surface area contributed by atoms with Crippen molar-refractivity contribution in [1.29, 1.82) is 0 Å². The highest BCUT2D eigenvalue weighted by atomic mass is 32.2. The van der Waals surface area contributed by atoms with Gasteiger partial charge in [-0.1, -0.05) is 11.2 Å². The second kappa shape index (κ2) is 10.9. The predicted molar refractivity (Wildman–Crippen MR) is 136 cm³/mol. The number of likely N-dealkylation sites (tertiary alicyclic amines) is 1. The number of pyridine rings is 1. The Kier molecular flexibility index (Phi) is 7.51. The molecule has 1 N–H and O–H groups in total. The van der Waals surface area contributed by atoms with Crippen LogP contribution in [0.15, 0.2) is 63.1 Å². The minimum absolute atomic E-state index is 0.0588. The number of nitrogens with zero attached hydrogens (tertiary/aromatic N) is 7. The normalized spacial score (nSPS) is 15.2. The fourth-order valence-electron chi connectivity index (χ4n) is 4.36.